The highest BCUT2D eigenvalue weighted by molar-refractivity contribution is 4.88. The van der Waals surface area contributed by atoms with Crippen LogP contribution in [-0.4, -0.2) is 29.6 Å². The van der Waals surface area contributed by atoms with Gasteiger partial charge < -0.3 is 5.73 Å². The summed E-state index contributed by atoms with van der Waals surface area (Å²) in [5.74, 6) is 1.83. The monoisotopic (exact) mass is 266 g/mol. The molecular weight excluding hydrogens is 232 g/mol. The summed E-state index contributed by atoms with van der Waals surface area (Å²) in [7, 11) is 0. The lowest BCUT2D eigenvalue weighted by atomic mass is 9.78. The van der Waals surface area contributed by atoms with Gasteiger partial charge in [0.1, 0.15) is 0 Å². The minimum Gasteiger partial charge on any atom is -0.328 e. The molecule has 19 heavy (non-hydrogen) atoms. The third-order valence-electron chi connectivity index (χ3n) is 5.31. The quantitative estimate of drug-likeness (QED) is 0.839. The van der Waals surface area contributed by atoms with Crippen molar-refractivity contribution in [2.45, 2.75) is 90.3 Å². The average molecular weight is 266 g/mol. The summed E-state index contributed by atoms with van der Waals surface area (Å²) in [5, 5.41) is 0. The lowest BCUT2D eigenvalue weighted by Crippen LogP contribution is -2.49. The predicted molar refractivity (Wildman–Crippen MR) is 83.2 cm³/mol. The molecule has 0 aliphatic heterocycles. The van der Waals surface area contributed by atoms with Crippen molar-refractivity contribution in [3.8, 4) is 0 Å². The Balaban J connectivity index is 1.98. The third kappa shape index (κ3) is 4.19. The molecule has 0 aromatic rings. The van der Waals surface area contributed by atoms with E-state index in [0.29, 0.717) is 6.04 Å². The zero-order valence-corrected chi connectivity index (χ0v) is 13.3. The van der Waals surface area contributed by atoms with Crippen molar-refractivity contribution in [2.75, 3.05) is 6.54 Å². The highest BCUT2D eigenvalue weighted by Gasteiger charge is 2.33. The Morgan fingerprint density at radius 1 is 0.895 bits per heavy atom. The van der Waals surface area contributed by atoms with Gasteiger partial charge in [0.05, 0.1) is 0 Å². The molecule has 0 aromatic heterocycles. The van der Waals surface area contributed by atoms with Crippen molar-refractivity contribution < 1.29 is 0 Å². The van der Waals surface area contributed by atoms with E-state index >= 15 is 0 Å². The average Bonchev–Trinajstić information content (AvgIpc) is 2.36. The first kappa shape index (κ1) is 15.3. The van der Waals surface area contributed by atoms with Gasteiger partial charge in [-0.05, 0) is 69.7 Å². The van der Waals surface area contributed by atoms with Gasteiger partial charge in [-0.1, -0.05) is 20.8 Å². The zero-order chi connectivity index (χ0) is 13.8. The van der Waals surface area contributed by atoms with E-state index in [9.17, 15) is 0 Å². The summed E-state index contributed by atoms with van der Waals surface area (Å²) < 4.78 is 0. The predicted octanol–water partition coefficient (Wildman–Crippen LogP) is 3.79. The maximum Gasteiger partial charge on any atom is 0.0103 e. The maximum absolute atomic E-state index is 6.08. The molecule has 0 spiro atoms. The second-order valence-corrected chi connectivity index (χ2v) is 7.38. The molecule has 2 N–H and O–H groups in total. The van der Waals surface area contributed by atoms with Crippen molar-refractivity contribution >= 4 is 0 Å². The van der Waals surface area contributed by atoms with Crippen LogP contribution in [0, 0.1) is 11.8 Å². The van der Waals surface area contributed by atoms with Crippen molar-refractivity contribution in [2.24, 2.45) is 17.6 Å². The number of rotatable bonds is 4. The molecule has 0 aromatic carbocycles. The summed E-state index contributed by atoms with van der Waals surface area (Å²) in [6.45, 7) is 8.52. The first-order valence-corrected chi connectivity index (χ1v) is 8.61. The van der Waals surface area contributed by atoms with E-state index in [4.69, 9.17) is 5.73 Å². The smallest absolute Gasteiger partial charge is 0.0103 e. The molecule has 0 radical (unpaired) electrons. The van der Waals surface area contributed by atoms with Crippen LogP contribution in [0.4, 0.5) is 0 Å². The molecule has 0 bridgehead atoms. The normalized spacial score (nSPS) is 40.6. The minimum atomic E-state index is 0.476. The molecule has 2 nitrogen and oxygen atoms in total. The van der Waals surface area contributed by atoms with E-state index in [2.05, 4.69) is 25.7 Å². The van der Waals surface area contributed by atoms with Gasteiger partial charge in [0, 0.05) is 18.1 Å². The van der Waals surface area contributed by atoms with E-state index in [1.807, 2.05) is 0 Å². The van der Waals surface area contributed by atoms with Crippen LogP contribution in [0.15, 0.2) is 0 Å². The zero-order valence-electron chi connectivity index (χ0n) is 13.3. The Morgan fingerprint density at radius 2 is 1.47 bits per heavy atom. The SMILES string of the molecule is CCCN(C1CCC(N)CC1)C1CC(C)CC(C)C1. The standard InChI is InChI=1S/C17H34N2/c1-4-9-19(16-7-5-15(18)6-8-16)17-11-13(2)10-14(3)12-17/h13-17H,4-12,18H2,1-3H3. The highest BCUT2D eigenvalue weighted by atomic mass is 15.2. The van der Waals surface area contributed by atoms with Gasteiger partial charge in [-0.25, -0.2) is 0 Å². The van der Waals surface area contributed by atoms with E-state index in [0.717, 1.165) is 23.9 Å². The van der Waals surface area contributed by atoms with Gasteiger partial charge in [0.15, 0.2) is 0 Å². The molecule has 2 unspecified atom stereocenters. The Morgan fingerprint density at radius 3 is 2.00 bits per heavy atom. The Kier molecular flexibility index (Phi) is 5.70. The Labute approximate surface area is 120 Å². The molecule has 2 atom stereocenters. The minimum absolute atomic E-state index is 0.476. The molecule has 2 rings (SSSR count). The fourth-order valence-corrected chi connectivity index (χ4v) is 4.53. The van der Waals surface area contributed by atoms with E-state index in [-0.39, 0.29) is 0 Å². The molecule has 2 heteroatoms. The lowest BCUT2D eigenvalue weighted by Gasteiger charge is -2.45. The number of nitrogens with zero attached hydrogens (tertiary/aromatic N) is 1. The van der Waals surface area contributed by atoms with Gasteiger partial charge in [0.25, 0.3) is 0 Å². The summed E-state index contributed by atoms with van der Waals surface area (Å²) in [4.78, 5) is 2.87. The van der Waals surface area contributed by atoms with E-state index < -0.39 is 0 Å². The second kappa shape index (κ2) is 7.08. The molecule has 112 valence electrons. The van der Waals surface area contributed by atoms with E-state index in [1.165, 1.54) is 57.9 Å². The van der Waals surface area contributed by atoms with Crippen molar-refractivity contribution in [1.29, 1.82) is 0 Å². The highest BCUT2D eigenvalue weighted by Crippen LogP contribution is 2.34. The summed E-state index contributed by atoms with van der Waals surface area (Å²) in [6, 6.07) is 2.14. The Hall–Kier alpha value is -0.0800. The third-order valence-corrected chi connectivity index (χ3v) is 5.31. The topological polar surface area (TPSA) is 29.3 Å². The summed E-state index contributed by atoms with van der Waals surface area (Å²) >= 11 is 0. The first-order valence-electron chi connectivity index (χ1n) is 8.61. The molecule has 2 aliphatic carbocycles. The molecule has 2 fully saturated rings. The lowest BCUT2D eigenvalue weighted by molar-refractivity contribution is 0.0516. The Bertz CT molecular complexity index is 248. The second-order valence-electron chi connectivity index (χ2n) is 7.38. The number of nitrogens with two attached hydrogens (primary N) is 1. The van der Waals surface area contributed by atoms with Crippen LogP contribution in [0.1, 0.15) is 72.1 Å². The van der Waals surface area contributed by atoms with Gasteiger partial charge in [-0.15, -0.1) is 0 Å². The van der Waals surface area contributed by atoms with Crippen molar-refractivity contribution in [1.82, 2.24) is 4.90 Å². The maximum atomic E-state index is 6.08. The van der Waals surface area contributed by atoms with Crippen LogP contribution in [0.3, 0.4) is 0 Å². The van der Waals surface area contributed by atoms with Gasteiger partial charge in [-0.3, -0.25) is 4.90 Å². The van der Waals surface area contributed by atoms with Gasteiger partial charge >= 0.3 is 0 Å². The molecule has 2 saturated carbocycles. The fourth-order valence-electron chi connectivity index (χ4n) is 4.53. The number of hydrogen-bond donors (Lipinski definition) is 1. The van der Waals surface area contributed by atoms with Crippen LogP contribution >= 0.6 is 0 Å². The van der Waals surface area contributed by atoms with Gasteiger partial charge in [0.2, 0.25) is 0 Å². The van der Waals surface area contributed by atoms with Crippen LogP contribution in [0.25, 0.3) is 0 Å². The molecule has 0 amide bonds. The van der Waals surface area contributed by atoms with Crippen molar-refractivity contribution in [3.63, 3.8) is 0 Å². The molecule has 0 saturated heterocycles. The van der Waals surface area contributed by atoms with Crippen molar-refractivity contribution in [3.05, 3.63) is 0 Å². The van der Waals surface area contributed by atoms with Gasteiger partial charge in [-0.2, -0.15) is 0 Å². The largest absolute Gasteiger partial charge is 0.328 e. The molecule has 0 heterocycles. The summed E-state index contributed by atoms with van der Waals surface area (Å²) in [6.07, 6.45) is 10.7. The van der Waals surface area contributed by atoms with Crippen LogP contribution in [-0.2, 0) is 0 Å². The number of hydrogen-bond acceptors (Lipinski definition) is 2. The molecule has 2 aliphatic rings. The van der Waals surface area contributed by atoms with Crippen LogP contribution in [0.2, 0.25) is 0 Å². The molecular formula is C17H34N2. The van der Waals surface area contributed by atoms with Crippen LogP contribution < -0.4 is 5.73 Å². The van der Waals surface area contributed by atoms with Crippen LogP contribution in [0.5, 0.6) is 0 Å². The fraction of sp³-hybridized carbons (Fsp3) is 1.00. The first-order chi connectivity index (χ1) is 9.10. The van der Waals surface area contributed by atoms with E-state index in [1.54, 1.807) is 0 Å². The summed E-state index contributed by atoms with van der Waals surface area (Å²) in [5.41, 5.74) is 6.08.